The van der Waals surface area contributed by atoms with Gasteiger partial charge in [-0.15, -0.1) is 11.6 Å². The van der Waals surface area contributed by atoms with E-state index in [1.165, 1.54) is 25.1 Å². The number of carbonyl (C=O) groups is 1. The van der Waals surface area contributed by atoms with Crippen LogP contribution in [0, 0.1) is 5.82 Å². The van der Waals surface area contributed by atoms with E-state index in [0.29, 0.717) is 0 Å². The van der Waals surface area contributed by atoms with Crippen molar-refractivity contribution in [3.05, 3.63) is 29.6 Å². The number of hydrogen-bond donors (Lipinski definition) is 1. The lowest BCUT2D eigenvalue weighted by Gasteiger charge is -2.05. The fourth-order valence-corrected chi connectivity index (χ4v) is 1.07. The molecule has 0 fully saturated rings. The molecule has 0 aromatic heterocycles. The van der Waals surface area contributed by atoms with Gasteiger partial charge in [0.15, 0.2) is 11.6 Å². The van der Waals surface area contributed by atoms with Gasteiger partial charge in [0.25, 0.3) is 0 Å². The fraction of sp³-hybridized carbons (Fsp3) is 0.222. The Morgan fingerprint density at radius 1 is 1.62 bits per heavy atom. The maximum atomic E-state index is 13.2. The number of anilines is 1. The van der Waals surface area contributed by atoms with E-state index in [1.807, 2.05) is 0 Å². The third kappa shape index (κ3) is 1.98. The van der Waals surface area contributed by atoms with Crippen LogP contribution in [0.5, 0.6) is 0 Å². The Morgan fingerprint density at radius 2 is 2.23 bits per heavy atom. The van der Waals surface area contributed by atoms with E-state index in [4.69, 9.17) is 17.3 Å². The van der Waals surface area contributed by atoms with Crippen LogP contribution in [0.2, 0.25) is 0 Å². The zero-order valence-electron chi connectivity index (χ0n) is 7.05. The highest BCUT2D eigenvalue weighted by atomic mass is 35.5. The first-order chi connectivity index (χ1) is 6.04. The minimum Gasteiger partial charge on any atom is -0.396 e. The summed E-state index contributed by atoms with van der Waals surface area (Å²) in [6.45, 7) is 1.49. The van der Waals surface area contributed by atoms with Gasteiger partial charge in [-0.05, 0) is 19.1 Å². The van der Waals surface area contributed by atoms with Gasteiger partial charge in [-0.3, -0.25) is 4.79 Å². The predicted molar refractivity (Wildman–Crippen MR) is 50.5 cm³/mol. The number of halogens is 2. The molecule has 0 saturated carbocycles. The predicted octanol–water partition coefficient (Wildman–Crippen LogP) is 2.22. The molecule has 0 radical (unpaired) electrons. The van der Waals surface area contributed by atoms with Crippen LogP contribution in [-0.2, 0) is 0 Å². The van der Waals surface area contributed by atoms with E-state index in [0.717, 1.165) is 0 Å². The molecule has 0 spiro atoms. The molecule has 1 aromatic rings. The summed E-state index contributed by atoms with van der Waals surface area (Å²) < 4.78 is 13.2. The summed E-state index contributed by atoms with van der Waals surface area (Å²) in [6, 6.07) is 4.28. The highest BCUT2D eigenvalue weighted by molar-refractivity contribution is 6.33. The Kier molecular flexibility index (Phi) is 2.88. The zero-order valence-corrected chi connectivity index (χ0v) is 7.81. The Morgan fingerprint density at radius 3 is 2.77 bits per heavy atom. The van der Waals surface area contributed by atoms with Gasteiger partial charge in [0.05, 0.1) is 16.6 Å². The molecule has 0 bridgehead atoms. The molecule has 1 atom stereocenters. The third-order valence-corrected chi connectivity index (χ3v) is 1.85. The minimum absolute atomic E-state index is 0.0387. The fourth-order valence-electron chi connectivity index (χ4n) is 0.954. The molecule has 4 heteroatoms. The summed E-state index contributed by atoms with van der Waals surface area (Å²) in [5.41, 5.74) is 5.20. The van der Waals surface area contributed by atoms with E-state index >= 15 is 0 Å². The molecule has 2 nitrogen and oxygen atoms in total. The number of carbonyl (C=O) groups excluding carboxylic acids is 1. The summed E-state index contributed by atoms with van der Waals surface area (Å²) in [5.74, 6) is -1.15. The average molecular weight is 202 g/mol. The average Bonchev–Trinajstić information content (AvgIpc) is 2.08. The van der Waals surface area contributed by atoms with Crippen molar-refractivity contribution in [1.29, 1.82) is 0 Å². The lowest BCUT2D eigenvalue weighted by molar-refractivity contribution is 0.0988. The molecule has 0 aliphatic heterocycles. The smallest absolute Gasteiger partial charge is 0.183 e. The van der Waals surface area contributed by atoms with E-state index in [2.05, 4.69) is 0 Å². The molecule has 0 heterocycles. The maximum absolute atomic E-state index is 13.2. The van der Waals surface area contributed by atoms with Crippen molar-refractivity contribution in [3.8, 4) is 0 Å². The Labute approximate surface area is 80.5 Å². The number of hydrogen-bond acceptors (Lipinski definition) is 2. The van der Waals surface area contributed by atoms with Gasteiger partial charge < -0.3 is 5.73 Å². The van der Waals surface area contributed by atoms with E-state index in [1.54, 1.807) is 0 Å². The van der Waals surface area contributed by atoms with Gasteiger partial charge in [0.1, 0.15) is 0 Å². The van der Waals surface area contributed by atoms with Crippen LogP contribution in [0.25, 0.3) is 0 Å². The van der Waals surface area contributed by atoms with Crippen molar-refractivity contribution >= 4 is 23.1 Å². The number of nitrogen functional groups attached to an aromatic ring is 1. The molecule has 1 aromatic carbocycles. The summed E-state index contributed by atoms with van der Waals surface area (Å²) in [5, 5.41) is -0.740. The zero-order chi connectivity index (χ0) is 10.0. The van der Waals surface area contributed by atoms with Gasteiger partial charge >= 0.3 is 0 Å². The molecule has 2 N–H and O–H groups in total. The number of nitrogens with two attached hydrogens (primary N) is 1. The first-order valence-corrected chi connectivity index (χ1v) is 4.20. The maximum Gasteiger partial charge on any atom is 0.183 e. The van der Waals surface area contributed by atoms with Crippen molar-refractivity contribution in [2.45, 2.75) is 12.3 Å². The summed E-state index contributed by atoms with van der Waals surface area (Å²) in [4.78, 5) is 11.3. The standard InChI is InChI=1S/C9H9ClFNO/c1-5(10)9(13)6-3-2-4-7(12)8(6)11/h2-5H,12H2,1H3. The number of ketones is 1. The van der Waals surface area contributed by atoms with Crippen molar-refractivity contribution in [2.24, 2.45) is 0 Å². The lowest BCUT2D eigenvalue weighted by atomic mass is 10.1. The molecule has 0 aliphatic rings. The monoisotopic (exact) mass is 201 g/mol. The van der Waals surface area contributed by atoms with E-state index in [-0.39, 0.29) is 11.3 Å². The molecule has 1 rings (SSSR count). The quantitative estimate of drug-likeness (QED) is 0.453. The van der Waals surface area contributed by atoms with Crippen molar-refractivity contribution < 1.29 is 9.18 Å². The SMILES string of the molecule is CC(Cl)C(=O)c1cccc(N)c1F. The number of benzene rings is 1. The molecule has 13 heavy (non-hydrogen) atoms. The van der Waals surface area contributed by atoms with Crippen molar-refractivity contribution in [3.63, 3.8) is 0 Å². The first-order valence-electron chi connectivity index (χ1n) is 3.76. The normalized spacial score (nSPS) is 12.5. The van der Waals surface area contributed by atoms with Crippen molar-refractivity contribution in [2.75, 3.05) is 5.73 Å². The van der Waals surface area contributed by atoms with Crippen LogP contribution in [0.1, 0.15) is 17.3 Å². The van der Waals surface area contributed by atoms with Crippen LogP contribution in [0.4, 0.5) is 10.1 Å². The van der Waals surface area contributed by atoms with Crippen LogP contribution < -0.4 is 5.73 Å². The number of Topliss-reactive ketones (excluding diaryl/α,β-unsaturated/α-hetero) is 1. The number of alkyl halides is 1. The van der Waals surface area contributed by atoms with E-state index < -0.39 is 17.0 Å². The molecule has 0 saturated heterocycles. The second kappa shape index (κ2) is 3.75. The van der Waals surface area contributed by atoms with Gasteiger partial charge in [-0.25, -0.2) is 4.39 Å². The van der Waals surface area contributed by atoms with Gasteiger partial charge in [0, 0.05) is 0 Å². The molecule has 0 aliphatic carbocycles. The molecule has 70 valence electrons. The second-order valence-electron chi connectivity index (χ2n) is 2.69. The molecule has 0 amide bonds. The van der Waals surface area contributed by atoms with Gasteiger partial charge in [-0.1, -0.05) is 6.07 Å². The lowest BCUT2D eigenvalue weighted by Crippen LogP contribution is -2.13. The first kappa shape index (κ1) is 9.99. The Hall–Kier alpha value is -1.09. The Balaban J connectivity index is 3.15. The Bertz CT molecular complexity index is 338. The van der Waals surface area contributed by atoms with Crippen LogP contribution >= 0.6 is 11.6 Å². The van der Waals surface area contributed by atoms with Gasteiger partial charge in [-0.2, -0.15) is 0 Å². The summed E-state index contributed by atoms with van der Waals surface area (Å²) in [7, 11) is 0. The molecular formula is C9H9ClFNO. The molecular weight excluding hydrogens is 193 g/mol. The topological polar surface area (TPSA) is 43.1 Å². The van der Waals surface area contributed by atoms with Crippen molar-refractivity contribution in [1.82, 2.24) is 0 Å². The highest BCUT2D eigenvalue weighted by Crippen LogP contribution is 2.17. The van der Waals surface area contributed by atoms with Crippen LogP contribution in [0.3, 0.4) is 0 Å². The largest absolute Gasteiger partial charge is 0.396 e. The van der Waals surface area contributed by atoms with Gasteiger partial charge in [0.2, 0.25) is 0 Å². The van der Waals surface area contributed by atoms with Crippen LogP contribution in [0.15, 0.2) is 18.2 Å². The minimum atomic E-state index is -0.740. The molecule has 1 unspecified atom stereocenters. The van der Waals surface area contributed by atoms with E-state index in [9.17, 15) is 9.18 Å². The number of rotatable bonds is 2. The highest BCUT2D eigenvalue weighted by Gasteiger charge is 2.17. The van der Waals surface area contributed by atoms with Crippen LogP contribution in [-0.4, -0.2) is 11.2 Å². The second-order valence-corrected chi connectivity index (χ2v) is 3.34. The summed E-state index contributed by atoms with van der Waals surface area (Å²) in [6.07, 6.45) is 0. The third-order valence-electron chi connectivity index (χ3n) is 1.66. The summed E-state index contributed by atoms with van der Waals surface area (Å²) >= 11 is 5.53.